The van der Waals surface area contributed by atoms with Crippen LogP contribution in [-0.2, 0) is 38.5 Å². The minimum absolute atomic E-state index is 0.0579. The molecule has 12 nitrogen and oxygen atoms in total. The molecule has 504 valence electrons. The third-order valence-electron chi connectivity index (χ3n) is 17.8. The number of benzene rings is 12. The number of fused-ring (bicyclic) bond motifs is 12. The van der Waals surface area contributed by atoms with Crippen LogP contribution in [-0.4, -0.2) is 35.8 Å². The summed E-state index contributed by atoms with van der Waals surface area (Å²) in [6, 6.07) is 75.7. The van der Waals surface area contributed by atoms with Gasteiger partial charge in [-0.25, -0.2) is 28.8 Å². The number of aryl methyl sites for hydroxylation is 6. The van der Waals surface area contributed by atoms with Crippen molar-refractivity contribution in [1.29, 1.82) is 0 Å². The Labute approximate surface area is 592 Å². The molecule has 0 saturated heterocycles. The summed E-state index contributed by atoms with van der Waals surface area (Å²) in [7, 11) is 0. The number of carbonyl (C=O) groups excluding carboxylic acids is 6. The van der Waals surface area contributed by atoms with Gasteiger partial charge in [-0.15, -0.1) is 0 Å². The molecule has 0 saturated carbocycles. The van der Waals surface area contributed by atoms with Gasteiger partial charge in [0.05, 0.1) is 33.4 Å². The maximum Gasteiger partial charge on any atom is 0.343 e. The number of carbonyl (C=O) groups is 6. The van der Waals surface area contributed by atoms with Gasteiger partial charge in [0.1, 0.15) is 34.5 Å². The third kappa shape index (κ3) is 15.8. The van der Waals surface area contributed by atoms with Gasteiger partial charge in [0, 0.05) is 38.5 Å². The topological polar surface area (TPSA) is 158 Å². The highest BCUT2D eigenvalue weighted by Crippen LogP contribution is 2.43. The molecule has 0 aliphatic heterocycles. The van der Waals surface area contributed by atoms with Crippen LogP contribution in [0.1, 0.15) is 162 Å². The van der Waals surface area contributed by atoms with Crippen molar-refractivity contribution in [1.82, 2.24) is 0 Å². The monoisotopic (exact) mass is 1340 g/mol. The number of rotatable bonds is 12. The van der Waals surface area contributed by atoms with Crippen molar-refractivity contribution in [2.45, 2.75) is 80.1 Å². The van der Waals surface area contributed by atoms with E-state index in [1.165, 1.54) is 0 Å². The average molecular weight is 1350 g/mol. The first kappa shape index (κ1) is 68.0. The van der Waals surface area contributed by atoms with Gasteiger partial charge in [-0.2, -0.15) is 0 Å². The van der Waals surface area contributed by atoms with Crippen molar-refractivity contribution in [3.63, 3.8) is 0 Å². The van der Waals surface area contributed by atoms with Gasteiger partial charge in [-0.05, 0) is 181 Å². The molecule has 102 heavy (non-hydrogen) atoms. The molecule has 12 bridgehead atoms. The van der Waals surface area contributed by atoms with E-state index in [0.717, 1.165) is 33.4 Å². The van der Waals surface area contributed by atoms with Crippen LogP contribution in [0.5, 0.6) is 34.5 Å². The maximum atomic E-state index is 14.8. The Bertz CT molecular complexity index is 4220. The van der Waals surface area contributed by atoms with E-state index >= 15 is 0 Å². The first-order chi connectivity index (χ1) is 49.4. The van der Waals surface area contributed by atoms with Gasteiger partial charge >= 0.3 is 35.8 Å². The lowest BCUT2D eigenvalue weighted by molar-refractivity contribution is 0.0720. The Morgan fingerprint density at radius 2 is 0.294 bits per heavy atom. The molecule has 0 heterocycles. The molecule has 0 aromatic heterocycles. The molecule has 1 aliphatic carbocycles. The Hall–Kier alpha value is -12.5. The van der Waals surface area contributed by atoms with Crippen molar-refractivity contribution in [3.8, 4) is 34.5 Å². The fourth-order valence-electron chi connectivity index (χ4n) is 13.5. The minimum Gasteiger partial charge on any atom is -0.422 e. The zero-order chi connectivity index (χ0) is 71.0. The van der Waals surface area contributed by atoms with Crippen LogP contribution in [0.25, 0.3) is 0 Å². The number of hydrogen-bond acceptors (Lipinski definition) is 12. The molecule has 0 spiro atoms. The second-order valence-electron chi connectivity index (χ2n) is 26.1. The van der Waals surface area contributed by atoms with Gasteiger partial charge in [0.15, 0.2) is 0 Å². The summed E-state index contributed by atoms with van der Waals surface area (Å²) in [4.78, 5) is 88.8. The normalized spacial score (nSPS) is 11.8. The lowest BCUT2D eigenvalue weighted by atomic mass is 9.88. The van der Waals surface area contributed by atoms with Gasteiger partial charge in [-0.3, -0.25) is 0 Å². The predicted molar refractivity (Wildman–Crippen MR) is 392 cm³/mol. The highest BCUT2D eigenvalue weighted by Gasteiger charge is 2.30. The van der Waals surface area contributed by atoms with Crippen molar-refractivity contribution in [3.05, 3.63) is 388 Å². The molecular weight excluding hydrogens is 1270 g/mol. The highest BCUT2D eigenvalue weighted by atomic mass is 16.6. The zero-order valence-corrected chi connectivity index (χ0v) is 57.4. The largest absolute Gasteiger partial charge is 0.422 e. The van der Waals surface area contributed by atoms with Crippen LogP contribution in [0.3, 0.4) is 0 Å². The molecule has 0 N–H and O–H groups in total. The van der Waals surface area contributed by atoms with Gasteiger partial charge < -0.3 is 28.4 Å². The van der Waals surface area contributed by atoms with Gasteiger partial charge in [0.2, 0.25) is 0 Å². The summed E-state index contributed by atoms with van der Waals surface area (Å²) in [5.41, 5.74) is 13.5. The Kier molecular flexibility index (Phi) is 20.2. The van der Waals surface area contributed by atoms with Crippen LogP contribution in [0.2, 0.25) is 0 Å². The van der Waals surface area contributed by atoms with E-state index in [0.29, 0.717) is 100 Å². The smallest absolute Gasteiger partial charge is 0.343 e. The van der Waals surface area contributed by atoms with Crippen molar-refractivity contribution < 1.29 is 57.2 Å². The second-order valence-corrected chi connectivity index (χ2v) is 26.1. The van der Waals surface area contributed by atoms with Crippen LogP contribution in [0, 0.1) is 41.5 Å². The minimum atomic E-state index is -0.625. The first-order valence-corrected chi connectivity index (χ1v) is 33.8. The van der Waals surface area contributed by atoms with Crippen molar-refractivity contribution in [2.24, 2.45) is 0 Å². The van der Waals surface area contributed by atoms with Crippen molar-refractivity contribution >= 4 is 35.8 Å². The summed E-state index contributed by atoms with van der Waals surface area (Å²) in [6.07, 6.45) is 0.347. The predicted octanol–water partition coefficient (Wildman–Crippen LogP) is 18.7. The number of esters is 6. The summed E-state index contributed by atoms with van der Waals surface area (Å²) in [5.74, 6) is -2.33. The Morgan fingerprint density at radius 1 is 0.186 bits per heavy atom. The van der Waals surface area contributed by atoms with E-state index < -0.39 is 35.8 Å². The molecule has 0 unspecified atom stereocenters. The van der Waals surface area contributed by atoms with E-state index in [1.807, 2.05) is 151 Å². The fraction of sp³-hybridized carbons (Fsp3) is 0.133. The lowest BCUT2D eigenvalue weighted by Gasteiger charge is -2.23. The van der Waals surface area contributed by atoms with E-state index in [4.69, 9.17) is 28.4 Å². The number of ether oxygens (including phenoxy) is 6. The molecule has 0 fully saturated rings. The summed E-state index contributed by atoms with van der Waals surface area (Å²) < 4.78 is 40.3. The van der Waals surface area contributed by atoms with Gasteiger partial charge in [0.25, 0.3) is 0 Å². The molecule has 13 rings (SSSR count). The first-order valence-electron chi connectivity index (χ1n) is 33.8. The van der Waals surface area contributed by atoms with Crippen LogP contribution >= 0.6 is 0 Å². The molecule has 0 amide bonds. The van der Waals surface area contributed by atoms with Crippen LogP contribution in [0.4, 0.5) is 0 Å². The zero-order valence-electron chi connectivity index (χ0n) is 57.4. The van der Waals surface area contributed by atoms with E-state index in [2.05, 4.69) is 0 Å². The quantitative estimate of drug-likeness (QED) is 0.0843. The van der Waals surface area contributed by atoms with Gasteiger partial charge in [-0.1, -0.05) is 215 Å². The van der Waals surface area contributed by atoms with E-state index in [-0.39, 0.29) is 73.0 Å². The highest BCUT2D eigenvalue weighted by molar-refractivity contribution is 5.95. The molecule has 12 aromatic carbocycles. The Morgan fingerprint density at radius 3 is 0.402 bits per heavy atom. The van der Waals surface area contributed by atoms with E-state index in [9.17, 15) is 28.8 Å². The molecule has 12 aromatic rings. The average Bonchev–Trinajstić information content (AvgIpc) is 0.780. The molecule has 1 aliphatic rings. The number of hydrogen-bond donors (Lipinski definition) is 0. The fourth-order valence-corrected chi connectivity index (χ4v) is 13.5. The maximum absolute atomic E-state index is 14.8. The summed E-state index contributed by atoms with van der Waals surface area (Å²) >= 11 is 0. The standard InChI is InChI=1S/C90H72O12/c1-55-37-67-49-69-39-56(2)41-71(80(69)98-86(92)62-27-15-8-16-28-62)51-73-43-58(4)45-75(82(73)100-88(94)64-31-19-10-20-32-64)53-77-47-60(6)48-78(84(77)102-90(96)66-35-23-12-24-36-66)54-76-46-59(5)44-74(83(76)101-89(95)65-33-21-11-22-34-65)52-72-42-57(3)40-70(81(72)99-87(93)63-29-17-9-18-30-63)50-68(38-55)79(67)97-85(91)61-25-13-7-14-26-61/h7-48H,49-54H2,1-6H3. The SMILES string of the molecule is Cc1cc2c(OC(=O)c3ccccc3)c(c1)Cc1cc(C)cc(c1OC(=O)c1ccccc1)Cc1cc(C)cc(c1OC(=O)c1ccccc1)Cc1cc(C)cc(c1OC(=O)c1ccccc1)Cc1cc(C)cc(c1OC(=O)c1ccccc1)Cc1cc(C)cc(c1OC(=O)c1ccccc1)C2. The molecule has 0 atom stereocenters. The summed E-state index contributed by atoms with van der Waals surface area (Å²) in [5, 5.41) is 0. The third-order valence-corrected chi connectivity index (χ3v) is 17.8. The second kappa shape index (κ2) is 30.3. The molecule has 12 heteroatoms. The summed E-state index contributed by atoms with van der Waals surface area (Å²) in [6.45, 7) is 11.7. The van der Waals surface area contributed by atoms with Crippen molar-refractivity contribution in [2.75, 3.05) is 0 Å². The lowest BCUT2D eigenvalue weighted by Crippen LogP contribution is -2.16. The Balaban J connectivity index is 1.10. The van der Waals surface area contributed by atoms with Crippen LogP contribution < -0.4 is 28.4 Å². The van der Waals surface area contributed by atoms with Crippen LogP contribution in [0.15, 0.2) is 255 Å². The van der Waals surface area contributed by atoms with E-state index in [1.54, 1.807) is 146 Å². The molecule has 0 radical (unpaired) electrons. The molecular formula is C90H72O12.